The summed E-state index contributed by atoms with van der Waals surface area (Å²) in [7, 11) is 0. The average Bonchev–Trinajstić information content (AvgIpc) is 2.37. The van der Waals surface area contributed by atoms with Crippen LogP contribution < -0.4 is 5.32 Å². The number of nitrogens with one attached hydrogen (secondary N) is 1. The van der Waals surface area contributed by atoms with E-state index in [1.165, 1.54) is 12.1 Å². The number of hydrogen-bond acceptors (Lipinski definition) is 2. The quantitative estimate of drug-likeness (QED) is 0.605. The molecule has 0 bridgehead atoms. The van der Waals surface area contributed by atoms with E-state index in [0.717, 1.165) is 11.8 Å². The largest absolute Gasteiger partial charge is 0.417 e. The molecule has 1 N–H and O–H groups in total. The molecule has 1 aromatic rings. The van der Waals surface area contributed by atoms with Gasteiger partial charge in [-0.15, -0.1) is 6.58 Å². The molecule has 2 nitrogen and oxygen atoms in total. The fourth-order valence-corrected chi connectivity index (χ4v) is 2.44. The molecule has 0 saturated carbocycles. The minimum Gasteiger partial charge on any atom is -0.351 e. The molecule has 20 heavy (non-hydrogen) atoms. The van der Waals surface area contributed by atoms with Crippen molar-refractivity contribution in [3.05, 3.63) is 46.5 Å². The maximum Gasteiger partial charge on any atom is 0.417 e. The highest BCUT2D eigenvalue weighted by Crippen LogP contribution is 2.35. The first-order valence-corrected chi connectivity index (χ1v) is 7.64. The van der Waals surface area contributed by atoms with Crippen LogP contribution in [0.2, 0.25) is 0 Å². The van der Waals surface area contributed by atoms with E-state index in [1.54, 1.807) is 17.8 Å². The summed E-state index contributed by atoms with van der Waals surface area (Å²) in [5.41, 5.74) is -0.861. The van der Waals surface area contributed by atoms with Gasteiger partial charge in [0.25, 0.3) is 5.91 Å². The fraction of sp³-hybridized carbons (Fsp3) is 0.308. The lowest BCUT2D eigenvalue weighted by molar-refractivity contribution is -0.138. The lowest BCUT2D eigenvalue weighted by Gasteiger charge is -2.11. The molecule has 0 spiro atoms. The first-order chi connectivity index (χ1) is 9.36. The summed E-state index contributed by atoms with van der Waals surface area (Å²) in [5, 5.41) is 2.58. The molecule has 0 aliphatic rings. The standard InChI is InChI=1S/C13H13BrF3NOS/c1-2-6-20-7-5-18-12(19)9-3-4-11(14)10(8-9)13(15,16)17/h2-4,8H,1,5-7H2,(H,18,19). The normalized spacial score (nSPS) is 11.2. The Bertz CT molecular complexity index is 491. The molecule has 0 heterocycles. The molecule has 0 fully saturated rings. The van der Waals surface area contributed by atoms with Gasteiger partial charge in [0.05, 0.1) is 5.56 Å². The number of rotatable bonds is 6. The Balaban J connectivity index is 2.67. The molecule has 0 atom stereocenters. The smallest absolute Gasteiger partial charge is 0.351 e. The van der Waals surface area contributed by atoms with Crippen LogP contribution in [-0.4, -0.2) is 24.0 Å². The van der Waals surface area contributed by atoms with Crippen LogP contribution in [0.4, 0.5) is 13.2 Å². The summed E-state index contributed by atoms with van der Waals surface area (Å²) in [6.45, 7) is 3.96. The third-order valence-corrected chi connectivity index (χ3v) is 3.96. The zero-order valence-electron chi connectivity index (χ0n) is 10.5. The molecule has 0 aliphatic carbocycles. The summed E-state index contributed by atoms with van der Waals surface area (Å²) >= 11 is 4.41. The summed E-state index contributed by atoms with van der Waals surface area (Å²) < 4.78 is 38.0. The second-order valence-corrected chi connectivity index (χ2v) is 5.82. The Morgan fingerprint density at radius 1 is 1.45 bits per heavy atom. The Hall–Kier alpha value is -0.950. The minimum absolute atomic E-state index is 0.00533. The van der Waals surface area contributed by atoms with E-state index in [0.29, 0.717) is 12.3 Å². The highest BCUT2D eigenvalue weighted by molar-refractivity contribution is 9.10. The number of thioether (sulfide) groups is 1. The van der Waals surface area contributed by atoms with Crippen LogP contribution in [0.25, 0.3) is 0 Å². The van der Waals surface area contributed by atoms with Crippen LogP contribution in [0.1, 0.15) is 15.9 Å². The molecule has 0 aromatic heterocycles. The summed E-state index contributed by atoms with van der Waals surface area (Å²) in [6.07, 6.45) is -2.74. The van der Waals surface area contributed by atoms with E-state index in [9.17, 15) is 18.0 Å². The average molecular weight is 368 g/mol. The van der Waals surface area contributed by atoms with Crippen molar-refractivity contribution < 1.29 is 18.0 Å². The zero-order valence-corrected chi connectivity index (χ0v) is 12.9. The van der Waals surface area contributed by atoms with Gasteiger partial charge in [-0.1, -0.05) is 22.0 Å². The number of hydrogen-bond donors (Lipinski definition) is 1. The molecular weight excluding hydrogens is 355 g/mol. The second-order valence-electron chi connectivity index (χ2n) is 3.81. The van der Waals surface area contributed by atoms with Crippen LogP contribution >= 0.6 is 27.7 Å². The van der Waals surface area contributed by atoms with Gasteiger partial charge in [-0.05, 0) is 18.2 Å². The van der Waals surface area contributed by atoms with Gasteiger partial charge < -0.3 is 5.32 Å². The molecule has 0 unspecified atom stereocenters. The van der Waals surface area contributed by atoms with Gasteiger partial charge in [-0.2, -0.15) is 24.9 Å². The van der Waals surface area contributed by atoms with E-state index >= 15 is 0 Å². The molecule has 110 valence electrons. The topological polar surface area (TPSA) is 29.1 Å². The van der Waals surface area contributed by atoms with Gasteiger partial charge >= 0.3 is 6.18 Å². The lowest BCUT2D eigenvalue weighted by atomic mass is 10.1. The van der Waals surface area contributed by atoms with Crippen LogP contribution in [0, 0.1) is 0 Å². The van der Waals surface area contributed by atoms with E-state index in [2.05, 4.69) is 27.8 Å². The molecule has 0 saturated heterocycles. The van der Waals surface area contributed by atoms with Crippen molar-refractivity contribution in [2.75, 3.05) is 18.1 Å². The summed E-state index contributed by atoms with van der Waals surface area (Å²) in [5.74, 6) is 0.939. The Kier molecular flexibility index (Phi) is 6.61. The van der Waals surface area contributed by atoms with Crippen molar-refractivity contribution in [2.24, 2.45) is 0 Å². The zero-order chi connectivity index (χ0) is 15.2. The lowest BCUT2D eigenvalue weighted by Crippen LogP contribution is -2.26. The second kappa shape index (κ2) is 7.73. The van der Waals surface area contributed by atoms with Gasteiger partial charge in [0, 0.05) is 28.1 Å². The van der Waals surface area contributed by atoms with Crippen LogP contribution in [0.3, 0.4) is 0 Å². The molecule has 0 aliphatic heterocycles. The number of carbonyl (C=O) groups excluding carboxylic acids is 1. The highest BCUT2D eigenvalue weighted by atomic mass is 79.9. The number of benzene rings is 1. The number of alkyl halides is 3. The van der Waals surface area contributed by atoms with Crippen molar-refractivity contribution in [3.8, 4) is 0 Å². The fourth-order valence-electron chi connectivity index (χ4n) is 1.39. The monoisotopic (exact) mass is 367 g/mol. The van der Waals surface area contributed by atoms with Crippen molar-refractivity contribution in [1.29, 1.82) is 0 Å². The minimum atomic E-state index is -4.49. The van der Waals surface area contributed by atoms with Crippen LogP contribution in [-0.2, 0) is 6.18 Å². The van der Waals surface area contributed by atoms with Gasteiger partial charge in [0.15, 0.2) is 0 Å². The number of carbonyl (C=O) groups is 1. The molecule has 0 radical (unpaired) electrons. The molecule has 1 rings (SSSR count). The van der Waals surface area contributed by atoms with Gasteiger partial charge in [0.1, 0.15) is 0 Å². The predicted octanol–water partition coefficient (Wildman–Crippen LogP) is 4.12. The van der Waals surface area contributed by atoms with Crippen molar-refractivity contribution in [2.45, 2.75) is 6.18 Å². The summed E-state index contributed by atoms with van der Waals surface area (Å²) in [6, 6.07) is 3.42. The van der Waals surface area contributed by atoms with E-state index < -0.39 is 17.6 Å². The third-order valence-electron chi connectivity index (χ3n) is 2.30. The Morgan fingerprint density at radius 2 is 2.15 bits per heavy atom. The van der Waals surface area contributed by atoms with Gasteiger partial charge in [-0.3, -0.25) is 4.79 Å². The first kappa shape index (κ1) is 17.1. The molecule has 1 amide bonds. The van der Waals surface area contributed by atoms with E-state index in [1.807, 2.05) is 0 Å². The van der Waals surface area contributed by atoms with E-state index in [4.69, 9.17) is 0 Å². The maximum atomic E-state index is 12.7. The summed E-state index contributed by atoms with van der Waals surface area (Å²) in [4.78, 5) is 11.7. The Labute approximate surface area is 127 Å². The van der Waals surface area contributed by atoms with Crippen LogP contribution in [0.5, 0.6) is 0 Å². The Morgan fingerprint density at radius 3 is 2.75 bits per heavy atom. The molecule has 1 aromatic carbocycles. The highest BCUT2D eigenvalue weighted by Gasteiger charge is 2.33. The number of amides is 1. The van der Waals surface area contributed by atoms with Crippen molar-refractivity contribution in [1.82, 2.24) is 5.32 Å². The van der Waals surface area contributed by atoms with Gasteiger partial charge in [0.2, 0.25) is 0 Å². The van der Waals surface area contributed by atoms with E-state index in [-0.39, 0.29) is 10.0 Å². The van der Waals surface area contributed by atoms with Crippen molar-refractivity contribution in [3.63, 3.8) is 0 Å². The SMILES string of the molecule is C=CCSCCNC(=O)c1ccc(Br)c(C(F)(F)F)c1. The first-order valence-electron chi connectivity index (χ1n) is 5.70. The van der Waals surface area contributed by atoms with Gasteiger partial charge in [-0.25, -0.2) is 0 Å². The molecule has 7 heteroatoms. The third kappa shape index (κ3) is 5.20. The van der Waals surface area contributed by atoms with Crippen LogP contribution in [0.15, 0.2) is 35.3 Å². The predicted molar refractivity (Wildman–Crippen MR) is 79.0 cm³/mol. The number of halogens is 4. The maximum absolute atomic E-state index is 12.7. The van der Waals surface area contributed by atoms with Crippen molar-refractivity contribution >= 4 is 33.6 Å². The molecular formula is C13H13BrF3NOS.